The van der Waals surface area contributed by atoms with Crippen molar-refractivity contribution < 1.29 is 14.3 Å². The third-order valence-electron chi connectivity index (χ3n) is 8.58. The number of carbonyl (C=O) groups excluding carboxylic acids is 1. The zero-order valence-corrected chi connectivity index (χ0v) is 23.7. The lowest BCUT2D eigenvalue weighted by atomic mass is 9.75. The highest BCUT2D eigenvalue weighted by Crippen LogP contribution is 2.58. The SMILES string of the molecule is CCN(CC)c1cc(N)c2c(c1)C1(OC2=O)c2ccccc2Oc2ccc(C(c3ccccc3)c3ccccc3)cc21. The number of ether oxygens (including phenoxy) is 2. The Morgan fingerprint density at radius 3 is 1.98 bits per heavy atom. The Bertz CT molecular complexity index is 1760. The summed E-state index contributed by atoms with van der Waals surface area (Å²) in [7, 11) is 0. The molecule has 0 fully saturated rings. The van der Waals surface area contributed by atoms with E-state index in [1.165, 1.54) is 11.1 Å². The summed E-state index contributed by atoms with van der Waals surface area (Å²) in [6.07, 6.45) is 0. The molecule has 0 amide bonds. The molecule has 5 aromatic rings. The van der Waals surface area contributed by atoms with Crippen molar-refractivity contribution >= 4 is 17.3 Å². The first-order valence-corrected chi connectivity index (χ1v) is 14.5. The summed E-state index contributed by atoms with van der Waals surface area (Å²) in [4.78, 5) is 15.9. The van der Waals surface area contributed by atoms with Crippen LogP contribution in [0.1, 0.15) is 63.5 Å². The molecule has 2 heterocycles. The number of anilines is 2. The van der Waals surface area contributed by atoms with Crippen LogP contribution in [0, 0.1) is 0 Å². The zero-order valence-electron chi connectivity index (χ0n) is 23.7. The van der Waals surface area contributed by atoms with Crippen molar-refractivity contribution in [3.8, 4) is 11.5 Å². The van der Waals surface area contributed by atoms with E-state index < -0.39 is 11.6 Å². The van der Waals surface area contributed by atoms with Gasteiger partial charge in [-0.3, -0.25) is 0 Å². The predicted molar refractivity (Wildman–Crippen MR) is 166 cm³/mol. The van der Waals surface area contributed by atoms with Crippen LogP contribution in [-0.4, -0.2) is 19.1 Å². The largest absolute Gasteiger partial charge is 0.456 e. The van der Waals surface area contributed by atoms with Gasteiger partial charge in [-0.15, -0.1) is 0 Å². The Labute approximate surface area is 246 Å². The van der Waals surface area contributed by atoms with Crippen LogP contribution in [0.4, 0.5) is 11.4 Å². The van der Waals surface area contributed by atoms with Gasteiger partial charge in [0, 0.05) is 47.1 Å². The average molecular weight is 553 g/mol. The molecule has 5 aromatic carbocycles. The van der Waals surface area contributed by atoms with E-state index in [1.807, 2.05) is 48.5 Å². The molecule has 208 valence electrons. The highest BCUT2D eigenvalue weighted by atomic mass is 16.6. The van der Waals surface area contributed by atoms with Crippen LogP contribution >= 0.6 is 0 Å². The fourth-order valence-corrected chi connectivity index (χ4v) is 6.64. The number of rotatable bonds is 6. The standard InChI is InChI=1S/C37H32N2O3/c1-3-39(4-2)27-22-30-35(31(38)23-27)36(40)42-37(30)28-17-11-12-18-32(28)41-33-20-19-26(21-29(33)37)34(24-13-7-5-8-14-24)25-15-9-6-10-16-25/h5-23,34H,3-4,38H2,1-2H3. The lowest BCUT2D eigenvalue weighted by Crippen LogP contribution is -2.33. The number of nitrogens with zero attached hydrogens (tertiary/aromatic N) is 1. The van der Waals surface area contributed by atoms with Crippen molar-refractivity contribution in [3.63, 3.8) is 0 Å². The fourth-order valence-electron chi connectivity index (χ4n) is 6.64. The molecule has 0 aliphatic carbocycles. The van der Waals surface area contributed by atoms with Crippen molar-refractivity contribution in [1.29, 1.82) is 0 Å². The van der Waals surface area contributed by atoms with E-state index in [2.05, 4.69) is 85.5 Å². The van der Waals surface area contributed by atoms with Gasteiger partial charge in [0.25, 0.3) is 0 Å². The second-order valence-corrected chi connectivity index (χ2v) is 10.8. The molecule has 0 radical (unpaired) electrons. The van der Waals surface area contributed by atoms with Gasteiger partial charge in [-0.25, -0.2) is 4.79 Å². The quantitative estimate of drug-likeness (QED) is 0.132. The van der Waals surface area contributed by atoms with Crippen molar-refractivity contribution in [2.75, 3.05) is 23.7 Å². The maximum Gasteiger partial charge on any atom is 0.342 e. The van der Waals surface area contributed by atoms with E-state index in [0.29, 0.717) is 22.7 Å². The molecule has 0 saturated heterocycles. The molecule has 42 heavy (non-hydrogen) atoms. The third kappa shape index (κ3) is 3.88. The van der Waals surface area contributed by atoms with Gasteiger partial charge in [0.1, 0.15) is 11.5 Å². The molecule has 1 spiro atoms. The number of hydrogen-bond donors (Lipinski definition) is 1. The molecule has 5 nitrogen and oxygen atoms in total. The van der Waals surface area contributed by atoms with Gasteiger partial charge in [-0.2, -0.15) is 0 Å². The fraction of sp³-hybridized carbons (Fsp3) is 0.162. The molecule has 1 unspecified atom stereocenters. The number of benzene rings is 5. The first kappa shape index (κ1) is 25.9. The monoisotopic (exact) mass is 552 g/mol. The number of nitrogen functional groups attached to an aromatic ring is 1. The van der Waals surface area contributed by atoms with E-state index in [4.69, 9.17) is 15.2 Å². The molecule has 2 aliphatic heterocycles. The molecule has 0 bridgehead atoms. The maximum atomic E-state index is 13.7. The number of para-hydroxylation sites is 1. The Hall–Kier alpha value is -5.03. The molecule has 1 atom stereocenters. The van der Waals surface area contributed by atoms with Crippen LogP contribution in [0.3, 0.4) is 0 Å². The maximum absolute atomic E-state index is 13.7. The van der Waals surface area contributed by atoms with E-state index in [-0.39, 0.29) is 5.92 Å². The number of carbonyl (C=O) groups is 1. The second-order valence-electron chi connectivity index (χ2n) is 10.8. The normalized spacial score (nSPS) is 16.4. The predicted octanol–water partition coefficient (Wildman–Crippen LogP) is 7.86. The van der Waals surface area contributed by atoms with Crippen LogP contribution in [-0.2, 0) is 10.3 Å². The topological polar surface area (TPSA) is 64.8 Å². The van der Waals surface area contributed by atoms with E-state index in [1.54, 1.807) is 0 Å². The van der Waals surface area contributed by atoms with Gasteiger partial charge in [0.05, 0.1) is 5.56 Å². The summed E-state index contributed by atoms with van der Waals surface area (Å²) in [5.41, 5.74) is 13.0. The van der Waals surface area contributed by atoms with Crippen LogP contribution in [0.15, 0.2) is 115 Å². The van der Waals surface area contributed by atoms with Crippen molar-refractivity contribution in [1.82, 2.24) is 0 Å². The van der Waals surface area contributed by atoms with E-state index in [0.717, 1.165) is 41.0 Å². The molecular formula is C37H32N2O3. The summed E-state index contributed by atoms with van der Waals surface area (Å²) >= 11 is 0. The Kier molecular flexibility index (Phi) is 6.23. The Balaban J connectivity index is 1.51. The van der Waals surface area contributed by atoms with Crippen molar-refractivity contribution in [3.05, 3.63) is 154 Å². The molecule has 5 heteroatoms. The average Bonchev–Trinajstić information content (AvgIpc) is 3.32. The number of nitrogens with two attached hydrogens (primary N) is 1. The summed E-state index contributed by atoms with van der Waals surface area (Å²) in [5.74, 6) is 0.859. The Morgan fingerprint density at radius 2 is 1.31 bits per heavy atom. The molecular weight excluding hydrogens is 520 g/mol. The van der Waals surface area contributed by atoms with Crippen molar-refractivity contribution in [2.24, 2.45) is 0 Å². The van der Waals surface area contributed by atoms with Crippen LogP contribution in [0.25, 0.3) is 0 Å². The molecule has 0 saturated carbocycles. The first-order chi connectivity index (χ1) is 20.5. The molecule has 2 N–H and O–H groups in total. The van der Waals surface area contributed by atoms with Crippen molar-refractivity contribution in [2.45, 2.75) is 25.4 Å². The minimum atomic E-state index is -1.21. The highest BCUT2D eigenvalue weighted by molar-refractivity contribution is 6.02. The molecule has 7 rings (SSSR count). The first-order valence-electron chi connectivity index (χ1n) is 14.5. The lowest BCUT2D eigenvalue weighted by Gasteiger charge is -2.37. The number of hydrogen-bond acceptors (Lipinski definition) is 5. The van der Waals surface area contributed by atoms with Crippen LogP contribution < -0.4 is 15.4 Å². The minimum absolute atomic E-state index is 0.0319. The van der Waals surface area contributed by atoms with Gasteiger partial charge in [-0.1, -0.05) is 84.9 Å². The minimum Gasteiger partial charge on any atom is -0.456 e. The third-order valence-corrected chi connectivity index (χ3v) is 8.58. The number of fused-ring (bicyclic) bond motifs is 6. The highest BCUT2D eigenvalue weighted by Gasteiger charge is 2.54. The number of esters is 1. The van der Waals surface area contributed by atoms with E-state index >= 15 is 0 Å². The zero-order chi connectivity index (χ0) is 28.8. The smallest absolute Gasteiger partial charge is 0.342 e. The summed E-state index contributed by atoms with van der Waals surface area (Å²) < 4.78 is 13.0. The second kappa shape index (κ2) is 10.1. The van der Waals surface area contributed by atoms with Crippen LogP contribution in [0.5, 0.6) is 11.5 Å². The molecule has 0 aromatic heterocycles. The lowest BCUT2D eigenvalue weighted by molar-refractivity contribution is 0.0224. The van der Waals surface area contributed by atoms with Gasteiger partial charge < -0.3 is 20.1 Å². The van der Waals surface area contributed by atoms with Gasteiger partial charge >= 0.3 is 5.97 Å². The summed E-state index contributed by atoms with van der Waals surface area (Å²) in [6.45, 7) is 5.85. The Morgan fingerprint density at radius 1 is 0.690 bits per heavy atom. The van der Waals surface area contributed by atoms with E-state index in [9.17, 15) is 4.79 Å². The molecule has 2 aliphatic rings. The summed E-state index contributed by atoms with van der Waals surface area (Å²) in [5, 5.41) is 0. The van der Waals surface area contributed by atoms with Gasteiger partial charge in [0.2, 0.25) is 0 Å². The van der Waals surface area contributed by atoms with Crippen LogP contribution in [0.2, 0.25) is 0 Å². The van der Waals surface area contributed by atoms with Gasteiger partial charge in [-0.05, 0) is 60.9 Å². The van der Waals surface area contributed by atoms with Gasteiger partial charge in [0.15, 0.2) is 5.60 Å². The summed E-state index contributed by atoms with van der Waals surface area (Å²) in [6, 6.07) is 39.0.